The molecule has 0 saturated heterocycles. The summed E-state index contributed by atoms with van der Waals surface area (Å²) in [6.07, 6.45) is 5.32. The van der Waals surface area contributed by atoms with E-state index in [1.807, 2.05) is 20.8 Å². The van der Waals surface area contributed by atoms with Gasteiger partial charge in [-0.1, -0.05) is 0 Å². The van der Waals surface area contributed by atoms with Crippen molar-refractivity contribution >= 4 is 29.3 Å². The van der Waals surface area contributed by atoms with Gasteiger partial charge in [0.25, 0.3) is 0 Å². The standard InChI is InChI=1S/C22H28N4O5/c1-20(2,3)31-19(29)22-9-6-21(7-10-22,8-11-22)18(28)25-16-13-14(17(27)30-4)24-15-5-12-23-26(15)16/h5,12-13H,6-11H2,1-4H3,(H,25,28). The normalized spacial score (nSPS) is 25.3. The first-order valence-corrected chi connectivity index (χ1v) is 10.6. The summed E-state index contributed by atoms with van der Waals surface area (Å²) in [5, 5.41) is 7.15. The predicted octanol–water partition coefficient (Wildman–Crippen LogP) is 3.14. The minimum absolute atomic E-state index is 0.0968. The SMILES string of the molecule is COC(=O)c1cc(NC(=O)C23CCC(C(=O)OC(C)(C)C)(CC2)CC3)n2nccc2n1. The predicted molar refractivity (Wildman–Crippen MR) is 111 cm³/mol. The number of ether oxygens (including phenoxy) is 2. The van der Waals surface area contributed by atoms with E-state index >= 15 is 0 Å². The molecule has 0 spiro atoms. The third-order valence-electron chi connectivity index (χ3n) is 6.56. The molecular formula is C22H28N4O5. The number of nitrogens with one attached hydrogen (secondary N) is 1. The van der Waals surface area contributed by atoms with Gasteiger partial charge in [-0.05, 0) is 59.3 Å². The highest BCUT2D eigenvalue weighted by Gasteiger charge is 2.56. The fourth-order valence-corrected chi connectivity index (χ4v) is 4.68. The number of anilines is 1. The van der Waals surface area contributed by atoms with Crippen molar-refractivity contribution in [1.82, 2.24) is 14.6 Å². The van der Waals surface area contributed by atoms with E-state index in [0.717, 1.165) is 0 Å². The second kappa shape index (κ2) is 7.32. The van der Waals surface area contributed by atoms with Gasteiger partial charge in [-0.3, -0.25) is 9.59 Å². The Morgan fingerprint density at radius 1 is 1.06 bits per heavy atom. The molecule has 2 aromatic heterocycles. The van der Waals surface area contributed by atoms with Crippen LogP contribution < -0.4 is 5.32 Å². The van der Waals surface area contributed by atoms with Crippen LogP contribution in [-0.2, 0) is 19.1 Å². The lowest BCUT2D eigenvalue weighted by Gasteiger charge is -2.51. The number of methoxy groups -OCH3 is 1. The van der Waals surface area contributed by atoms with E-state index in [2.05, 4.69) is 15.4 Å². The lowest BCUT2D eigenvalue weighted by molar-refractivity contribution is -0.178. The van der Waals surface area contributed by atoms with Crippen LogP contribution in [0, 0.1) is 10.8 Å². The van der Waals surface area contributed by atoms with Crippen molar-refractivity contribution < 1.29 is 23.9 Å². The van der Waals surface area contributed by atoms with Crippen LogP contribution in [0.2, 0.25) is 0 Å². The molecule has 9 heteroatoms. The number of fused-ring (bicyclic) bond motifs is 4. The van der Waals surface area contributed by atoms with E-state index in [1.54, 1.807) is 12.3 Å². The fourth-order valence-electron chi connectivity index (χ4n) is 4.68. The summed E-state index contributed by atoms with van der Waals surface area (Å²) in [6.45, 7) is 5.62. The molecule has 0 atom stereocenters. The van der Waals surface area contributed by atoms with E-state index in [1.165, 1.54) is 17.7 Å². The molecule has 0 aromatic carbocycles. The average Bonchev–Trinajstić information content (AvgIpc) is 3.22. The molecule has 1 amide bonds. The molecular weight excluding hydrogens is 400 g/mol. The zero-order valence-electron chi connectivity index (χ0n) is 18.4. The maximum atomic E-state index is 13.4. The molecule has 1 N–H and O–H groups in total. The molecule has 0 aliphatic heterocycles. The van der Waals surface area contributed by atoms with Gasteiger partial charge in [-0.15, -0.1) is 0 Å². The minimum Gasteiger partial charge on any atom is -0.464 e. The zero-order valence-corrected chi connectivity index (χ0v) is 18.4. The van der Waals surface area contributed by atoms with Crippen molar-refractivity contribution in [2.45, 2.75) is 64.9 Å². The van der Waals surface area contributed by atoms with Crippen molar-refractivity contribution in [2.75, 3.05) is 12.4 Å². The quantitative estimate of drug-likeness (QED) is 0.745. The van der Waals surface area contributed by atoms with Crippen LogP contribution in [0.1, 0.15) is 69.8 Å². The average molecular weight is 428 g/mol. The number of hydrogen-bond acceptors (Lipinski definition) is 7. The summed E-state index contributed by atoms with van der Waals surface area (Å²) in [5.74, 6) is -0.494. The first-order valence-electron chi connectivity index (χ1n) is 10.6. The summed E-state index contributed by atoms with van der Waals surface area (Å²) in [4.78, 5) is 42.4. The molecule has 9 nitrogen and oxygen atoms in total. The minimum atomic E-state index is -0.588. The Hall–Kier alpha value is -2.97. The molecule has 5 rings (SSSR count). The second-order valence-corrected chi connectivity index (χ2v) is 9.64. The van der Waals surface area contributed by atoms with Gasteiger partial charge < -0.3 is 14.8 Å². The van der Waals surface area contributed by atoms with Gasteiger partial charge in [0.05, 0.1) is 18.7 Å². The number of nitrogens with zero attached hydrogens (tertiary/aromatic N) is 3. The van der Waals surface area contributed by atoms with Crippen LogP contribution >= 0.6 is 0 Å². The highest BCUT2D eigenvalue weighted by molar-refractivity contribution is 5.97. The maximum Gasteiger partial charge on any atom is 0.356 e. The Labute approximate surface area is 180 Å². The van der Waals surface area contributed by atoms with Crippen molar-refractivity contribution in [3.8, 4) is 0 Å². The maximum absolute atomic E-state index is 13.4. The van der Waals surface area contributed by atoms with Crippen molar-refractivity contribution in [3.05, 3.63) is 24.0 Å². The molecule has 2 heterocycles. The van der Waals surface area contributed by atoms with Crippen LogP contribution in [0.25, 0.3) is 5.65 Å². The Bertz CT molecular complexity index is 1030. The first-order chi connectivity index (χ1) is 14.6. The first kappa shape index (κ1) is 21.3. The molecule has 166 valence electrons. The van der Waals surface area contributed by atoms with E-state index in [4.69, 9.17) is 9.47 Å². The number of amides is 1. The molecule has 3 fully saturated rings. The monoisotopic (exact) mass is 428 g/mol. The van der Waals surface area contributed by atoms with Crippen LogP contribution in [-0.4, -0.2) is 45.2 Å². The summed E-state index contributed by atoms with van der Waals surface area (Å²) >= 11 is 0. The molecule has 3 aliphatic rings. The number of carbonyl (C=O) groups is 3. The molecule has 3 saturated carbocycles. The number of esters is 2. The molecule has 0 unspecified atom stereocenters. The van der Waals surface area contributed by atoms with Gasteiger partial charge >= 0.3 is 11.9 Å². The number of hydrogen-bond donors (Lipinski definition) is 1. The highest BCUT2D eigenvalue weighted by Crippen LogP contribution is 2.58. The molecule has 0 radical (unpaired) electrons. The van der Waals surface area contributed by atoms with E-state index in [9.17, 15) is 14.4 Å². The molecule has 2 aromatic rings. The van der Waals surface area contributed by atoms with Crippen LogP contribution in [0.15, 0.2) is 18.3 Å². The number of rotatable bonds is 4. The van der Waals surface area contributed by atoms with Gasteiger partial charge in [0.15, 0.2) is 11.3 Å². The van der Waals surface area contributed by atoms with Crippen LogP contribution in [0.5, 0.6) is 0 Å². The lowest BCUT2D eigenvalue weighted by Crippen LogP contribution is -2.52. The topological polar surface area (TPSA) is 112 Å². The Kier molecular flexibility index (Phi) is 5.02. The van der Waals surface area contributed by atoms with Gasteiger partial charge in [0, 0.05) is 17.5 Å². The van der Waals surface area contributed by atoms with E-state index in [0.29, 0.717) is 50.0 Å². The van der Waals surface area contributed by atoms with Crippen molar-refractivity contribution in [3.63, 3.8) is 0 Å². The number of carbonyl (C=O) groups excluding carboxylic acids is 3. The molecule has 3 aliphatic carbocycles. The largest absolute Gasteiger partial charge is 0.464 e. The Balaban J connectivity index is 1.53. The second-order valence-electron chi connectivity index (χ2n) is 9.64. The van der Waals surface area contributed by atoms with Gasteiger partial charge in [0.2, 0.25) is 5.91 Å². The third kappa shape index (κ3) is 3.77. The summed E-state index contributed by atoms with van der Waals surface area (Å²) in [6, 6.07) is 3.12. The zero-order chi connectivity index (χ0) is 22.4. The third-order valence-corrected chi connectivity index (χ3v) is 6.56. The van der Waals surface area contributed by atoms with E-state index < -0.39 is 22.4 Å². The lowest BCUT2D eigenvalue weighted by atomic mass is 9.53. The van der Waals surface area contributed by atoms with Gasteiger partial charge in [-0.2, -0.15) is 9.61 Å². The smallest absolute Gasteiger partial charge is 0.356 e. The Morgan fingerprint density at radius 3 is 2.26 bits per heavy atom. The summed E-state index contributed by atoms with van der Waals surface area (Å²) in [5.41, 5.74) is -1.02. The summed E-state index contributed by atoms with van der Waals surface area (Å²) in [7, 11) is 1.28. The van der Waals surface area contributed by atoms with Crippen molar-refractivity contribution in [2.24, 2.45) is 10.8 Å². The fraction of sp³-hybridized carbons (Fsp3) is 0.591. The van der Waals surface area contributed by atoms with Gasteiger partial charge in [-0.25, -0.2) is 9.78 Å². The van der Waals surface area contributed by atoms with Crippen molar-refractivity contribution in [1.29, 1.82) is 0 Å². The molecule has 31 heavy (non-hydrogen) atoms. The van der Waals surface area contributed by atoms with Crippen LogP contribution in [0.3, 0.4) is 0 Å². The van der Waals surface area contributed by atoms with Gasteiger partial charge in [0.1, 0.15) is 11.4 Å². The van der Waals surface area contributed by atoms with Crippen LogP contribution in [0.4, 0.5) is 5.82 Å². The summed E-state index contributed by atoms with van der Waals surface area (Å²) < 4.78 is 11.9. The Morgan fingerprint density at radius 2 is 1.68 bits per heavy atom. The number of aromatic nitrogens is 3. The highest BCUT2D eigenvalue weighted by atomic mass is 16.6. The molecule has 2 bridgehead atoms. The van der Waals surface area contributed by atoms with E-state index in [-0.39, 0.29) is 17.6 Å².